The molecule has 2 atom stereocenters. The molecule has 2 aromatic heterocycles. The largest absolute Gasteiger partial charge is 0.319 e. The number of imidazole rings is 1. The Morgan fingerprint density at radius 2 is 2.10 bits per heavy atom. The van der Waals surface area contributed by atoms with Gasteiger partial charge in [0, 0.05) is 3.57 Å². The average molecular weight is 417 g/mol. The molecular formula is C15H14ClIN2S. The third kappa shape index (κ3) is 2.49. The SMILES string of the molecule is CC(Cl)c1nc2cc(I)ccc2n1C(C)c1ccsc1. The number of rotatable bonds is 3. The quantitative estimate of drug-likeness (QED) is 0.401. The van der Waals surface area contributed by atoms with Crippen LogP contribution in [0.1, 0.15) is 36.7 Å². The van der Waals surface area contributed by atoms with Crippen molar-refractivity contribution in [1.82, 2.24) is 9.55 Å². The standard InChI is InChI=1S/C15H14ClIN2S/c1-9(16)15-18-13-7-12(17)3-4-14(13)19(15)10(2)11-5-6-20-8-11/h3-10H,1-2H3. The van der Waals surface area contributed by atoms with E-state index in [1.165, 1.54) is 9.13 Å². The molecule has 0 amide bonds. The molecule has 0 aliphatic heterocycles. The molecule has 0 aliphatic carbocycles. The predicted octanol–water partition coefficient (Wildman–Crippen LogP) is 5.61. The fourth-order valence-corrected chi connectivity index (χ4v) is 3.82. The number of fused-ring (bicyclic) bond motifs is 1. The number of aromatic nitrogens is 2. The van der Waals surface area contributed by atoms with E-state index in [1.54, 1.807) is 11.3 Å². The van der Waals surface area contributed by atoms with Crippen molar-refractivity contribution in [2.75, 3.05) is 0 Å². The second-order valence-corrected chi connectivity index (χ2v) is 7.50. The number of halogens is 2. The van der Waals surface area contributed by atoms with Crippen LogP contribution in [0.5, 0.6) is 0 Å². The second-order valence-electron chi connectivity index (χ2n) is 4.82. The highest BCUT2D eigenvalue weighted by Gasteiger charge is 2.20. The Morgan fingerprint density at radius 1 is 1.30 bits per heavy atom. The minimum absolute atomic E-state index is 0.110. The van der Waals surface area contributed by atoms with Gasteiger partial charge in [-0.25, -0.2) is 4.98 Å². The van der Waals surface area contributed by atoms with Crippen molar-refractivity contribution < 1.29 is 0 Å². The Kier molecular flexibility index (Phi) is 4.06. The number of hydrogen-bond acceptors (Lipinski definition) is 2. The van der Waals surface area contributed by atoms with E-state index in [-0.39, 0.29) is 11.4 Å². The van der Waals surface area contributed by atoms with Crippen molar-refractivity contribution in [1.29, 1.82) is 0 Å². The van der Waals surface area contributed by atoms with Gasteiger partial charge in [0.25, 0.3) is 0 Å². The summed E-state index contributed by atoms with van der Waals surface area (Å²) in [5, 5.41) is 4.19. The topological polar surface area (TPSA) is 17.8 Å². The number of nitrogens with zero attached hydrogens (tertiary/aromatic N) is 2. The number of alkyl halides is 1. The lowest BCUT2D eigenvalue weighted by Gasteiger charge is -2.17. The highest BCUT2D eigenvalue weighted by atomic mass is 127. The van der Waals surface area contributed by atoms with E-state index in [1.807, 2.05) is 6.92 Å². The molecule has 0 fully saturated rings. The minimum atomic E-state index is -0.110. The molecule has 0 bridgehead atoms. The van der Waals surface area contributed by atoms with Crippen LogP contribution in [0.2, 0.25) is 0 Å². The Morgan fingerprint density at radius 3 is 2.75 bits per heavy atom. The van der Waals surface area contributed by atoms with Gasteiger partial charge in [-0.2, -0.15) is 11.3 Å². The third-order valence-electron chi connectivity index (χ3n) is 3.45. The van der Waals surface area contributed by atoms with E-state index in [4.69, 9.17) is 16.6 Å². The van der Waals surface area contributed by atoms with Gasteiger partial charge in [0.05, 0.1) is 22.5 Å². The summed E-state index contributed by atoms with van der Waals surface area (Å²) < 4.78 is 3.45. The predicted molar refractivity (Wildman–Crippen MR) is 94.9 cm³/mol. The zero-order valence-electron chi connectivity index (χ0n) is 11.2. The summed E-state index contributed by atoms with van der Waals surface area (Å²) in [5.74, 6) is 0.933. The lowest BCUT2D eigenvalue weighted by Crippen LogP contribution is -2.10. The summed E-state index contributed by atoms with van der Waals surface area (Å²) in [5.41, 5.74) is 3.46. The lowest BCUT2D eigenvalue weighted by atomic mass is 10.1. The molecule has 0 aliphatic rings. The van der Waals surface area contributed by atoms with Gasteiger partial charge in [-0.05, 0) is 77.0 Å². The van der Waals surface area contributed by atoms with Crippen molar-refractivity contribution in [2.24, 2.45) is 0 Å². The molecule has 3 aromatic rings. The van der Waals surface area contributed by atoms with Crippen molar-refractivity contribution in [2.45, 2.75) is 25.3 Å². The zero-order valence-corrected chi connectivity index (χ0v) is 14.9. The minimum Gasteiger partial charge on any atom is -0.319 e. The molecule has 5 heteroatoms. The molecule has 0 spiro atoms. The Labute approximate surface area is 140 Å². The summed E-state index contributed by atoms with van der Waals surface area (Å²) in [6, 6.07) is 8.76. The maximum Gasteiger partial charge on any atom is 0.128 e. The maximum absolute atomic E-state index is 6.34. The van der Waals surface area contributed by atoms with E-state index in [0.29, 0.717) is 0 Å². The smallest absolute Gasteiger partial charge is 0.128 e. The van der Waals surface area contributed by atoms with Crippen LogP contribution in [0.15, 0.2) is 35.0 Å². The van der Waals surface area contributed by atoms with E-state index in [0.717, 1.165) is 16.9 Å². The van der Waals surface area contributed by atoms with Crippen LogP contribution < -0.4 is 0 Å². The van der Waals surface area contributed by atoms with Crippen molar-refractivity contribution in [3.05, 3.63) is 50.0 Å². The van der Waals surface area contributed by atoms with Crippen LogP contribution in [0.25, 0.3) is 11.0 Å². The first kappa shape index (κ1) is 14.4. The van der Waals surface area contributed by atoms with Crippen LogP contribution in [0.3, 0.4) is 0 Å². The molecule has 0 N–H and O–H groups in total. The number of hydrogen-bond donors (Lipinski definition) is 0. The number of benzene rings is 1. The Bertz CT molecular complexity index is 734. The lowest BCUT2D eigenvalue weighted by molar-refractivity contribution is 0.620. The molecule has 0 saturated heterocycles. The third-order valence-corrected chi connectivity index (χ3v) is 5.02. The van der Waals surface area contributed by atoms with Crippen molar-refractivity contribution >= 4 is 56.6 Å². The first-order valence-corrected chi connectivity index (χ1v) is 8.87. The van der Waals surface area contributed by atoms with E-state index in [2.05, 4.69) is 69.1 Å². The van der Waals surface area contributed by atoms with Crippen molar-refractivity contribution in [3.63, 3.8) is 0 Å². The van der Waals surface area contributed by atoms with Crippen LogP contribution in [-0.2, 0) is 0 Å². The summed E-state index contributed by atoms with van der Waals surface area (Å²) in [4.78, 5) is 4.73. The van der Waals surface area contributed by atoms with Crippen molar-refractivity contribution in [3.8, 4) is 0 Å². The van der Waals surface area contributed by atoms with Gasteiger partial charge >= 0.3 is 0 Å². The van der Waals surface area contributed by atoms with Crippen LogP contribution in [0.4, 0.5) is 0 Å². The van der Waals surface area contributed by atoms with Crippen LogP contribution in [-0.4, -0.2) is 9.55 Å². The van der Waals surface area contributed by atoms with E-state index < -0.39 is 0 Å². The first-order chi connectivity index (χ1) is 9.58. The van der Waals surface area contributed by atoms with Gasteiger partial charge < -0.3 is 4.57 Å². The Hall–Kier alpha value is -0.590. The molecule has 20 heavy (non-hydrogen) atoms. The summed E-state index contributed by atoms with van der Waals surface area (Å²) in [6.07, 6.45) is 0. The van der Waals surface area contributed by atoms with Gasteiger partial charge in [0.15, 0.2) is 0 Å². The Balaban J connectivity index is 2.24. The van der Waals surface area contributed by atoms with Gasteiger partial charge in [-0.1, -0.05) is 0 Å². The van der Waals surface area contributed by atoms with Crippen LogP contribution in [0, 0.1) is 3.57 Å². The van der Waals surface area contributed by atoms with E-state index in [9.17, 15) is 0 Å². The molecule has 2 unspecified atom stereocenters. The molecule has 1 aromatic carbocycles. The fraction of sp³-hybridized carbons (Fsp3) is 0.267. The molecule has 104 valence electrons. The first-order valence-electron chi connectivity index (χ1n) is 6.41. The highest BCUT2D eigenvalue weighted by Crippen LogP contribution is 2.32. The fourth-order valence-electron chi connectivity index (χ4n) is 2.44. The van der Waals surface area contributed by atoms with E-state index >= 15 is 0 Å². The molecule has 3 rings (SSSR count). The zero-order chi connectivity index (χ0) is 14.3. The molecular weight excluding hydrogens is 403 g/mol. The molecule has 0 saturated carbocycles. The second kappa shape index (κ2) is 5.66. The molecule has 2 nitrogen and oxygen atoms in total. The van der Waals surface area contributed by atoms with Gasteiger partial charge in [0.2, 0.25) is 0 Å². The van der Waals surface area contributed by atoms with Gasteiger partial charge in [-0.15, -0.1) is 11.6 Å². The molecule has 2 heterocycles. The average Bonchev–Trinajstić information content (AvgIpc) is 3.04. The van der Waals surface area contributed by atoms with Gasteiger partial charge in [-0.3, -0.25) is 0 Å². The maximum atomic E-state index is 6.34. The summed E-state index contributed by atoms with van der Waals surface area (Å²) in [7, 11) is 0. The summed E-state index contributed by atoms with van der Waals surface area (Å²) in [6.45, 7) is 4.18. The van der Waals surface area contributed by atoms with Crippen LogP contribution >= 0.6 is 45.5 Å². The summed E-state index contributed by atoms with van der Waals surface area (Å²) >= 11 is 10.4. The normalized spacial score (nSPS) is 14.6. The monoisotopic (exact) mass is 416 g/mol. The van der Waals surface area contributed by atoms with Gasteiger partial charge in [0.1, 0.15) is 5.82 Å². The molecule has 0 radical (unpaired) electrons. The highest BCUT2D eigenvalue weighted by molar-refractivity contribution is 14.1. The number of thiophene rings is 1.